The lowest BCUT2D eigenvalue weighted by molar-refractivity contribution is -0.385. The maximum atomic E-state index is 11.1. The van der Waals surface area contributed by atoms with Crippen molar-refractivity contribution in [1.29, 1.82) is 0 Å². The number of nitro benzene ring substituents is 1. The van der Waals surface area contributed by atoms with Gasteiger partial charge in [-0.05, 0) is 53.8 Å². The van der Waals surface area contributed by atoms with Crippen LogP contribution < -0.4 is 5.32 Å². The predicted octanol–water partition coefficient (Wildman–Crippen LogP) is 4.36. The molecule has 1 atom stereocenters. The second kappa shape index (κ2) is 7.20. The minimum atomic E-state index is -0.344. The number of nitrogens with one attached hydrogen (secondary N) is 1. The SMILES string of the molecule is CNC(Cc1ccccc1[N+](=O)[O-])c1ccc(I)c(Cl)c1. The lowest BCUT2D eigenvalue weighted by atomic mass is 9.98. The maximum Gasteiger partial charge on any atom is 0.272 e. The Morgan fingerprint density at radius 3 is 2.67 bits per heavy atom. The molecule has 1 N–H and O–H groups in total. The van der Waals surface area contributed by atoms with Gasteiger partial charge in [0.2, 0.25) is 0 Å². The number of para-hydroxylation sites is 1. The van der Waals surface area contributed by atoms with Crippen molar-refractivity contribution in [3.05, 3.63) is 72.3 Å². The Hall–Kier alpha value is -1.18. The molecule has 2 aromatic rings. The number of benzene rings is 2. The molecular formula is C15H14ClIN2O2. The van der Waals surface area contributed by atoms with Crippen molar-refractivity contribution in [2.45, 2.75) is 12.5 Å². The van der Waals surface area contributed by atoms with E-state index in [1.807, 2.05) is 31.3 Å². The highest BCUT2D eigenvalue weighted by atomic mass is 127. The molecule has 0 aliphatic carbocycles. The number of likely N-dealkylation sites (N-methyl/N-ethyl adjacent to an activating group) is 1. The van der Waals surface area contributed by atoms with E-state index in [2.05, 4.69) is 27.9 Å². The smallest absolute Gasteiger partial charge is 0.272 e. The summed E-state index contributed by atoms with van der Waals surface area (Å²) in [5, 5.41) is 15.0. The molecule has 0 fully saturated rings. The summed E-state index contributed by atoms with van der Waals surface area (Å²) in [5.41, 5.74) is 1.87. The van der Waals surface area contributed by atoms with E-state index >= 15 is 0 Å². The molecule has 0 heterocycles. The van der Waals surface area contributed by atoms with Crippen molar-refractivity contribution in [1.82, 2.24) is 5.32 Å². The van der Waals surface area contributed by atoms with E-state index in [9.17, 15) is 10.1 Å². The van der Waals surface area contributed by atoms with Gasteiger partial charge in [-0.1, -0.05) is 35.9 Å². The van der Waals surface area contributed by atoms with E-state index in [1.54, 1.807) is 12.1 Å². The number of nitrogens with zero attached hydrogens (tertiary/aromatic N) is 1. The zero-order valence-electron chi connectivity index (χ0n) is 11.3. The van der Waals surface area contributed by atoms with E-state index in [1.165, 1.54) is 6.07 Å². The number of hydrogen-bond acceptors (Lipinski definition) is 3. The highest BCUT2D eigenvalue weighted by Gasteiger charge is 2.18. The molecule has 0 bridgehead atoms. The summed E-state index contributed by atoms with van der Waals surface area (Å²) in [5.74, 6) is 0. The summed E-state index contributed by atoms with van der Waals surface area (Å²) in [6.07, 6.45) is 0.532. The first kappa shape index (κ1) is 16.2. The molecule has 0 saturated heterocycles. The normalized spacial score (nSPS) is 12.1. The Morgan fingerprint density at radius 1 is 1.33 bits per heavy atom. The standard InChI is InChI=1S/C15H14ClIN2O2/c1-18-14(10-6-7-13(17)12(16)8-10)9-11-4-2-3-5-15(11)19(20)21/h2-8,14,18H,9H2,1H3. The topological polar surface area (TPSA) is 55.2 Å². The largest absolute Gasteiger partial charge is 0.313 e. The fraction of sp³-hybridized carbons (Fsp3) is 0.200. The van der Waals surface area contributed by atoms with Gasteiger partial charge in [0.15, 0.2) is 0 Å². The summed E-state index contributed by atoms with van der Waals surface area (Å²) in [4.78, 5) is 10.7. The first-order valence-electron chi connectivity index (χ1n) is 6.37. The van der Waals surface area contributed by atoms with E-state index < -0.39 is 0 Å². The highest BCUT2D eigenvalue weighted by Crippen LogP contribution is 2.28. The van der Waals surface area contributed by atoms with Gasteiger partial charge in [0.05, 0.1) is 9.95 Å². The van der Waals surface area contributed by atoms with Crippen LogP contribution in [-0.4, -0.2) is 12.0 Å². The third-order valence-corrected chi connectivity index (χ3v) is 4.88. The van der Waals surface area contributed by atoms with Crippen LogP contribution in [0.1, 0.15) is 17.2 Å². The van der Waals surface area contributed by atoms with Gasteiger partial charge in [-0.15, -0.1) is 0 Å². The van der Waals surface area contributed by atoms with Crippen LogP contribution in [0.3, 0.4) is 0 Å². The Labute approximate surface area is 141 Å². The van der Waals surface area contributed by atoms with Crippen molar-refractivity contribution in [3.8, 4) is 0 Å². The first-order chi connectivity index (χ1) is 10.0. The molecule has 0 aliphatic rings. The molecule has 0 aliphatic heterocycles. The Kier molecular flexibility index (Phi) is 5.55. The van der Waals surface area contributed by atoms with Gasteiger partial charge in [0.25, 0.3) is 5.69 Å². The lowest BCUT2D eigenvalue weighted by Gasteiger charge is -2.17. The van der Waals surface area contributed by atoms with Crippen LogP contribution in [0.2, 0.25) is 5.02 Å². The number of nitro groups is 1. The molecule has 6 heteroatoms. The van der Waals surface area contributed by atoms with Crippen LogP contribution in [0.5, 0.6) is 0 Å². The number of rotatable bonds is 5. The summed E-state index contributed by atoms with van der Waals surface area (Å²) >= 11 is 8.33. The van der Waals surface area contributed by atoms with Crippen LogP contribution in [0.15, 0.2) is 42.5 Å². The van der Waals surface area contributed by atoms with Crippen molar-refractivity contribution < 1.29 is 4.92 Å². The van der Waals surface area contributed by atoms with Gasteiger partial charge >= 0.3 is 0 Å². The molecule has 0 radical (unpaired) electrons. The molecule has 21 heavy (non-hydrogen) atoms. The van der Waals surface area contributed by atoms with Gasteiger partial charge in [-0.25, -0.2) is 0 Å². The van der Waals surface area contributed by atoms with Crippen molar-refractivity contribution in [2.75, 3.05) is 7.05 Å². The van der Waals surface area contributed by atoms with Crippen molar-refractivity contribution in [3.63, 3.8) is 0 Å². The van der Waals surface area contributed by atoms with Crippen molar-refractivity contribution >= 4 is 39.9 Å². The molecule has 2 rings (SSSR count). The number of hydrogen-bond donors (Lipinski definition) is 1. The van der Waals surface area contributed by atoms with Crippen LogP contribution in [0.4, 0.5) is 5.69 Å². The van der Waals surface area contributed by atoms with Gasteiger partial charge in [0, 0.05) is 21.2 Å². The number of halogens is 2. The Balaban J connectivity index is 2.31. The van der Waals surface area contributed by atoms with Gasteiger partial charge in [-0.2, -0.15) is 0 Å². The minimum absolute atomic E-state index is 0.0272. The van der Waals surface area contributed by atoms with E-state index in [0.717, 1.165) is 9.13 Å². The third-order valence-electron chi connectivity index (χ3n) is 3.31. The average molecular weight is 417 g/mol. The van der Waals surface area contributed by atoms with Crippen LogP contribution in [0.25, 0.3) is 0 Å². The lowest BCUT2D eigenvalue weighted by Crippen LogP contribution is -2.19. The maximum absolute atomic E-state index is 11.1. The van der Waals surface area contributed by atoms with Crippen LogP contribution >= 0.6 is 34.2 Å². The molecule has 1 unspecified atom stereocenters. The summed E-state index contributed by atoms with van der Waals surface area (Å²) in [7, 11) is 1.84. The molecule has 0 saturated carbocycles. The fourth-order valence-corrected chi connectivity index (χ4v) is 2.72. The van der Waals surface area contributed by atoms with E-state index in [0.29, 0.717) is 17.0 Å². The van der Waals surface area contributed by atoms with Gasteiger partial charge < -0.3 is 5.32 Å². The predicted molar refractivity (Wildman–Crippen MR) is 92.8 cm³/mol. The summed E-state index contributed by atoms with van der Waals surface area (Å²) in [6, 6.07) is 12.6. The first-order valence-corrected chi connectivity index (χ1v) is 7.83. The molecule has 2 aromatic carbocycles. The molecule has 110 valence electrons. The van der Waals surface area contributed by atoms with Gasteiger partial charge in [-0.3, -0.25) is 10.1 Å². The molecule has 0 aromatic heterocycles. The second-order valence-corrected chi connectivity index (χ2v) is 6.17. The third kappa shape index (κ3) is 3.93. The zero-order valence-corrected chi connectivity index (χ0v) is 14.3. The van der Waals surface area contributed by atoms with E-state index in [-0.39, 0.29) is 16.7 Å². The zero-order chi connectivity index (χ0) is 15.4. The van der Waals surface area contributed by atoms with Crippen molar-refractivity contribution in [2.24, 2.45) is 0 Å². The van der Waals surface area contributed by atoms with Crippen LogP contribution in [0, 0.1) is 13.7 Å². The Bertz CT molecular complexity index is 664. The quantitative estimate of drug-likeness (QED) is 0.448. The monoisotopic (exact) mass is 416 g/mol. The Morgan fingerprint density at radius 2 is 2.05 bits per heavy atom. The molecule has 0 spiro atoms. The van der Waals surface area contributed by atoms with E-state index in [4.69, 9.17) is 11.6 Å². The molecular weight excluding hydrogens is 403 g/mol. The average Bonchev–Trinajstić information content (AvgIpc) is 2.48. The molecule has 0 amide bonds. The van der Waals surface area contributed by atoms with Gasteiger partial charge in [0.1, 0.15) is 0 Å². The molecule has 4 nitrogen and oxygen atoms in total. The summed E-state index contributed by atoms with van der Waals surface area (Å²) < 4.78 is 0.985. The highest BCUT2D eigenvalue weighted by molar-refractivity contribution is 14.1. The van der Waals surface area contributed by atoms with Crippen LogP contribution in [-0.2, 0) is 6.42 Å². The minimum Gasteiger partial charge on any atom is -0.313 e. The summed E-state index contributed by atoms with van der Waals surface area (Å²) in [6.45, 7) is 0. The second-order valence-electron chi connectivity index (χ2n) is 4.60. The fourth-order valence-electron chi connectivity index (χ4n) is 2.20.